The number of hydrogen-bond acceptors (Lipinski definition) is 1. The molecule has 1 radical (unpaired) electrons. The van der Waals surface area contributed by atoms with Crippen LogP contribution in [0.5, 0.6) is 0 Å². The van der Waals surface area contributed by atoms with E-state index >= 15 is 0 Å². The van der Waals surface area contributed by atoms with Crippen molar-refractivity contribution in [2.24, 2.45) is 5.92 Å². The minimum absolute atomic E-state index is 0.185. The lowest BCUT2D eigenvalue weighted by Gasteiger charge is -1.98. The minimum atomic E-state index is -0.583. The maximum atomic E-state index is 10.7. The molecule has 0 N–H and O–H groups in total. The summed E-state index contributed by atoms with van der Waals surface area (Å²) < 4.78 is 0. The van der Waals surface area contributed by atoms with Crippen molar-refractivity contribution in [3.63, 3.8) is 0 Å². The Morgan fingerprint density at radius 1 is 1.50 bits per heavy atom. The molecule has 0 bridgehead atoms. The molecular weight excluding hydrogens is 102 g/mol. The largest absolute Gasteiger partial charge is 0.232 e. The Labute approximate surface area is 48.7 Å². The highest BCUT2D eigenvalue weighted by molar-refractivity contribution is 4.92. The molecule has 43 valence electrons. The lowest BCUT2D eigenvalue weighted by molar-refractivity contribution is 0.0738. The van der Waals surface area contributed by atoms with E-state index < -0.39 is 6.10 Å². The van der Waals surface area contributed by atoms with Crippen LogP contribution in [0.4, 0.5) is 0 Å². The van der Waals surface area contributed by atoms with Crippen molar-refractivity contribution >= 4 is 0 Å². The van der Waals surface area contributed by atoms with Crippen LogP contribution in [0.15, 0.2) is 0 Å². The molecule has 1 aliphatic carbocycles. The molecule has 0 aliphatic heterocycles. The van der Waals surface area contributed by atoms with Gasteiger partial charge in [-0.1, -0.05) is 0 Å². The van der Waals surface area contributed by atoms with Crippen molar-refractivity contribution in [1.29, 1.82) is 5.26 Å². The monoisotopic (exact) mass is 110 g/mol. The first-order chi connectivity index (χ1) is 3.84. The predicted molar refractivity (Wildman–Crippen MR) is 27.4 cm³/mol. The number of nitriles is 1. The van der Waals surface area contributed by atoms with Gasteiger partial charge in [-0.2, -0.15) is 5.26 Å². The van der Waals surface area contributed by atoms with Gasteiger partial charge in [0.1, 0.15) is 6.10 Å². The summed E-state index contributed by atoms with van der Waals surface area (Å²) in [6.07, 6.45) is 1.90. The third-order valence-corrected chi connectivity index (χ3v) is 1.62. The van der Waals surface area contributed by atoms with Gasteiger partial charge in [0.25, 0.3) is 0 Å². The Morgan fingerprint density at radius 3 is 2.50 bits per heavy atom. The van der Waals surface area contributed by atoms with E-state index in [1.165, 1.54) is 0 Å². The van der Waals surface area contributed by atoms with E-state index in [1.807, 2.05) is 6.07 Å². The van der Waals surface area contributed by atoms with Gasteiger partial charge in [0.2, 0.25) is 0 Å². The van der Waals surface area contributed by atoms with E-state index in [-0.39, 0.29) is 5.92 Å². The van der Waals surface area contributed by atoms with Crippen LogP contribution < -0.4 is 0 Å². The molecule has 8 heavy (non-hydrogen) atoms. The highest BCUT2D eigenvalue weighted by atomic mass is 16.3. The third kappa shape index (κ3) is 0.823. The number of rotatable bonds is 0. The summed E-state index contributed by atoms with van der Waals surface area (Å²) in [6, 6.07) is 2.00. The molecular formula is C6H8NO. The zero-order chi connectivity index (χ0) is 5.98. The molecule has 2 nitrogen and oxygen atoms in total. The van der Waals surface area contributed by atoms with Crippen molar-refractivity contribution in [2.75, 3.05) is 0 Å². The van der Waals surface area contributed by atoms with Gasteiger partial charge in [-0.3, -0.25) is 0 Å². The van der Waals surface area contributed by atoms with Gasteiger partial charge >= 0.3 is 0 Å². The van der Waals surface area contributed by atoms with Gasteiger partial charge in [-0.25, -0.2) is 5.11 Å². The Hall–Kier alpha value is -0.550. The maximum absolute atomic E-state index is 10.7. The zero-order valence-corrected chi connectivity index (χ0v) is 4.63. The summed E-state index contributed by atoms with van der Waals surface area (Å²) in [4.78, 5) is 0. The molecule has 0 heterocycles. The molecule has 2 atom stereocenters. The molecule has 0 amide bonds. The quantitative estimate of drug-likeness (QED) is 0.460. The highest BCUT2D eigenvalue weighted by Gasteiger charge is 2.25. The lowest BCUT2D eigenvalue weighted by Crippen LogP contribution is -2.07. The first-order valence-corrected chi connectivity index (χ1v) is 2.90. The van der Waals surface area contributed by atoms with Crippen LogP contribution in [0.3, 0.4) is 0 Å². The van der Waals surface area contributed by atoms with Gasteiger partial charge < -0.3 is 0 Å². The maximum Gasteiger partial charge on any atom is 0.109 e. The smallest absolute Gasteiger partial charge is 0.109 e. The first kappa shape index (κ1) is 5.58. The number of nitrogens with zero attached hydrogens (tertiary/aromatic N) is 1. The Kier molecular flexibility index (Phi) is 1.50. The second kappa shape index (κ2) is 2.15. The van der Waals surface area contributed by atoms with E-state index in [4.69, 9.17) is 5.26 Å². The van der Waals surface area contributed by atoms with Gasteiger partial charge in [0, 0.05) is 0 Å². The topological polar surface area (TPSA) is 43.7 Å². The van der Waals surface area contributed by atoms with E-state index in [0.717, 1.165) is 12.8 Å². The fourth-order valence-electron chi connectivity index (χ4n) is 1.07. The van der Waals surface area contributed by atoms with E-state index in [9.17, 15) is 5.11 Å². The summed E-state index contributed by atoms with van der Waals surface area (Å²) in [5, 5.41) is 19.0. The third-order valence-electron chi connectivity index (χ3n) is 1.62. The summed E-state index contributed by atoms with van der Waals surface area (Å²) in [7, 11) is 0. The predicted octanol–water partition coefficient (Wildman–Crippen LogP) is 1.11. The summed E-state index contributed by atoms with van der Waals surface area (Å²) in [5.74, 6) is -0.185. The van der Waals surface area contributed by atoms with Gasteiger partial charge in [-0.15, -0.1) is 0 Å². The van der Waals surface area contributed by atoms with Gasteiger partial charge in [0.05, 0.1) is 12.0 Å². The van der Waals surface area contributed by atoms with E-state index in [2.05, 4.69) is 0 Å². The molecule has 0 saturated heterocycles. The van der Waals surface area contributed by atoms with Crippen LogP contribution in [0.25, 0.3) is 0 Å². The Balaban J connectivity index is 2.45. The molecule has 0 aromatic carbocycles. The molecule has 1 rings (SSSR count). The Bertz CT molecular complexity index is 116. The molecule has 2 unspecified atom stereocenters. The fourth-order valence-corrected chi connectivity index (χ4v) is 1.07. The standard InChI is InChI=1S/C6H8NO/c7-4-5-2-1-3-6(5)8/h5-6H,1-3H2. The molecule has 0 aromatic heterocycles. The summed E-state index contributed by atoms with van der Waals surface area (Å²) in [6.45, 7) is 0. The van der Waals surface area contributed by atoms with Crippen LogP contribution in [-0.4, -0.2) is 6.10 Å². The molecule has 0 aromatic rings. The first-order valence-electron chi connectivity index (χ1n) is 2.90. The van der Waals surface area contributed by atoms with Crippen LogP contribution in [0.1, 0.15) is 19.3 Å². The van der Waals surface area contributed by atoms with Crippen molar-refractivity contribution in [1.82, 2.24) is 0 Å². The lowest BCUT2D eigenvalue weighted by atomic mass is 10.1. The van der Waals surface area contributed by atoms with Gasteiger partial charge in [-0.05, 0) is 19.3 Å². The minimum Gasteiger partial charge on any atom is -0.232 e. The van der Waals surface area contributed by atoms with Crippen LogP contribution in [0, 0.1) is 17.2 Å². The highest BCUT2D eigenvalue weighted by Crippen LogP contribution is 2.24. The van der Waals surface area contributed by atoms with Crippen molar-refractivity contribution in [3.05, 3.63) is 0 Å². The summed E-state index contributed by atoms with van der Waals surface area (Å²) >= 11 is 0. The van der Waals surface area contributed by atoms with Crippen molar-refractivity contribution < 1.29 is 5.11 Å². The normalized spacial score (nSPS) is 37.0. The van der Waals surface area contributed by atoms with Crippen LogP contribution in [-0.2, 0) is 5.11 Å². The van der Waals surface area contributed by atoms with E-state index in [1.54, 1.807) is 0 Å². The fraction of sp³-hybridized carbons (Fsp3) is 0.833. The molecule has 0 spiro atoms. The second-order valence-electron chi connectivity index (χ2n) is 2.20. The molecule has 1 saturated carbocycles. The molecule has 1 fully saturated rings. The molecule has 1 aliphatic rings. The average Bonchev–Trinajstić information content (AvgIpc) is 2.14. The van der Waals surface area contributed by atoms with Crippen LogP contribution >= 0.6 is 0 Å². The number of hydrogen-bond donors (Lipinski definition) is 0. The van der Waals surface area contributed by atoms with Crippen LogP contribution in [0.2, 0.25) is 0 Å². The van der Waals surface area contributed by atoms with Gasteiger partial charge in [0.15, 0.2) is 0 Å². The Morgan fingerprint density at radius 2 is 2.25 bits per heavy atom. The zero-order valence-electron chi connectivity index (χ0n) is 4.63. The van der Waals surface area contributed by atoms with Crippen molar-refractivity contribution in [3.8, 4) is 6.07 Å². The SMILES string of the molecule is N#CC1CCCC1[O]. The molecule has 2 heteroatoms. The van der Waals surface area contributed by atoms with E-state index in [0.29, 0.717) is 6.42 Å². The van der Waals surface area contributed by atoms with Crippen molar-refractivity contribution in [2.45, 2.75) is 25.4 Å². The average molecular weight is 110 g/mol. The second-order valence-corrected chi connectivity index (χ2v) is 2.20. The summed E-state index contributed by atoms with van der Waals surface area (Å²) in [5.41, 5.74) is 0.